The van der Waals surface area contributed by atoms with Gasteiger partial charge >= 0.3 is 0 Å². The van der Waals surface area contributed by atoms with Crippen LogP contribution in [0.15, 0.2) is 14.4 Å². The second-order valence-corrected chi connectivity index (χ2v) is 8.08. The third-order valence-electron chi connectivity index (χ3n) is 3.99. The summed E-state index contributed by atoms with van der Waals surface area (Å²) in [6.07, 6.45) is 2.01. The lowest BCUT2D eigenvalue weighted by molar-refractivity contribution is 0.485. The van der Waals surface area contributed by atoms with E-state index in [0.29, 0.717) is 28.6 Å². The summed E-state index contributed by atoms with van der Waals surface area (Å²) in [4.78, 5) is 22.0. The molecule has 8 heteroatoms. The summed E-state index contributed by atoms with van der Waals surface area (Å²) in [5, 5.41) is 9.08. The zero-order valence-electron chi connectivity index (χ0n) is 14.2. The van der Waals surface area contributed by atoms with Gasteiger partial charge in [0, 0.05) is 11.8 Å². The monoisotopic (exact) mass is 364 g/mol. The first-order valence-corrected chi connectivity index (χ1v) is 9.72. The van der Waals surface area contributed by atoms with Crippen molar-refractivity contribution < 1.29 is 4.42 Å². The highest BCUT2D eigenvalue weighted by Crippen LogP contribution is 2.31. The number of fused-ring (bicyclic) bond motifs is 1. The summed E-state index contributed by atoms with van der Waals surface area (Å²) in [6.45, 7) is 8.20. The van der Waals surface area contributed by atoms with E-state index in [0.717, 1.165) is 28.6 Å². The van der Waals surface area contributed by atoms with Gasteiger partial charge in [-0.1, -0.05) is 32.0 Å². The number of nitrogens with zero attached hydrogens (tertiary/aromatic N) is 3. The van der Waals surface area contributed by atoms with Crippen LogP contribution in [-0.2, 0) is 12.2 Å². The van der Waals surface area contributed by atoms with Crippen LogP contribution in [0.25, 0.3) is 10.2 Å². The topological polar surface area (TPSA) is 84.7 Å². The highest BCUT2D eigenvalue weighted by molar-refractivity contribution is 7.98. The van der Waals surface area contributed by atoms with E-state index in [1.807, 2.05) is 0 Å². The summed E-state index contributed by atoms with van der Waals surface area (Å²) < 4.78 is 5.34. The number of H-pyrrole nitrogens is 1. The van der Waals surface area contributed by atoms with Crippen molar-refractivity contribution in [1.82, 2.24) is 20.2 Å². The van der Waals surface area contributed by atoms with E-state index in [9.17, 15) is 4.79 Å². The number of aromatic amines is 1. The number of nitrogens with one attached hydrogen (secondary N) is 1. The molecular weight excluding hydrogens is 344 g/mol. The third kappa shape index (κ3) is 3.54. The summed E-state index contributed by atoms with van der Waals surface area (Å²) in [5.74, 6) is 2.10. The molecule has 0 aliphatic heterocycles. The van der Waals surface area contributed by atoms with Gasteiger partial charge < -0.3 is 9.40 Å². The van der Waals surface area contributed by atoms with Gasteiger partial charge in [0.05, 0.1) is 11.1 Å². The highest BCUT2D eigenvalue weighted by Gasteiger charge is 2.17. The van der Waals surface area contributed by atoms with Gasteiger partial charge in [-0.3, -0.25) is 4.79 Å². The van der Waals surface area contributed by atoms with Gasteiger partial charge in [-0.05, 0) is 24.8 Å². The quantitative estimate of drug-likeness (QED) is 0.528. The molecule has 0 radical (unpaired) electrons. The zero-order chi connectivity index (χ0) is 17.3. The largest absolute Gasteiger partial charge is 0.425 e. The predicted octanol–water partition coefficient (Wildman–Crippen LogP) is 3.87. The fourth-order valence-electron chi connectivity index (χ4n) is 2.49. The number of hydrogen-bond acceptors (Lipinski definition) is 7. The summed E-state index contributed by atoms with van der Waals surface area (Å²) in [7, 11) is 0. The molecule has 0 aliphatic carbocycles. The van der Waals surface area contributed by atoms with Crippen LogP contribution in [0.4, 0.5) is 0 Å². The van der Waals surface area contributed by atoms with E-state index >= 15 is 0 Å². The minimum atomic E-state index is -0.0631. The number of aromatic nitrogens is 4. The van der Waals surface area contributed by atoms with Gasteiger partial charge in [-0.15, -0.1) is 21.5 Å². The van der Waals surface area contributed by atoms with Crippen molar-refractivity contribution in [3.05, 3.63) is 32.6 Å². The van der Waals surface area contributed by atoms with E-state index in [4.69, 9.17) is 4.42 Å². The zero-order valence-corrected chi connectivity index (χ0v) is 15.8. The Kier molecular flexibility index (Phi) is 5.05. The van der Waals surface area contributed by atoms with Crippen LogP contribution < -0.4 is 5.56 Å². The molecule has 0 aromatic carbocycles. The first-order valence-electron chi connectivity index (χ1n) is 7.92. The predicted molar refractivity (Wildman–Crippen MR) is 96.7 cm³/mol. The fourth-order valence-corrected chi connectivity index (χ4v) is 4.30. The van der Waals surface area contributed by atoms with Crippen molar-refractivity contribution >= 4 is 33.3 Å². The van der Waals surface area contributed by atoms with Crippen molar-refractivity contribution in [1.29, 1.82) is 0 Å². The van der Waals surface area contributed by atoms with E-state index in [1.165, 1.54) is 16.6 Å². The van der Waals surface area contributed by atoms with Crippen LogP contribution in [0.3, 0.4) is 0 Å². The molecule has 0 fully saturated rings. The van der Waals surface area contributed by atoms with Gasteiger partial charge in [0.15, 0.2) is 5.16 Å². The summed E-state index contributed by atoms with van der Waals surface area (Å²) >= 11 is 2.98. The molecule has 0 aliphatic rings. The van der Waals surface area contributed by atoms with Crippen LogP contribution in [0.5, 0.6) is 0 Å². The molecule has 1 N–H and O–H groups in total. The normalized spacial score (nSPS) is 12.8. The maximum atomic E-state index is 12.6. The third-order valence-corrected chi connectivity index (χ3v) is 5.89. The lowest BCUT2D eigenvalue weighted by atomic mass is 9.98. The van der Waals surface area contributed by atoms with Crippen molar-refractivity contribution in [2.75, 3.05) is 0 Å². The van der Waals surface area contributed by atoms with Crippen LogP contribution >= 0.6 is 23.1 Å². The first-order chi connectivity index (χ1) is 11.5. The molecule has 3 aromatic rings. The summed E-state index contributed by atoms with van der Waals surface area (Å²) in [5.41, 5.74) is 1.08. The maximum Gasteiger partial charge on any atom is 0.260 e. The van der Waals surface area contributed by atoms with Gasteiger partial charge in [0.25, 0.3) is 5.56 Å². The second kappa shape index (κ2) is 7.06. The fraction of sp³-hybridized carbons (Fsp3) is 0.500. The SMILES string of the molecule is CCC(C)Cc1c(C)sc2nc(SCc3nnc(C)o3)[nH]c(=O)c12. The standard InChI is InChI=1S/C16H20N4O2S2/c1-5-8(2)6-11-9(3)24-15-13(11)14(21)17-16(18-15)23-7-12-20-19-10(4)22-12/h8H,5-7H2,1-4H3,(H,17,18,21). The van der Waals surface area contributed by atoms with E-state index in [1.54, 1.807) is 18.3 Å². The highest BCUT2D eigenvalue weighted by atomic mass is 32.2. The Hall–Kier alpha value is -1.67. The smallest absolute Gasteiger partial charge is 0.260 e. The first kappa shape index (κ1) is 17.2. The van der Waals surface area contributed by atoms with Gasteiger partial charge in [-0.25, -0.2) is 4.98 Å². The van der Waals surface area contributed by atoms with Crippen molar-refractivity contribution in [2.24, 2.45) is 5.92 Å². The number of hydrogen-bond donors (Lipinski definition) is 1. The molecule has 0 saturated heterocycles. The lowest BCUT2D eigenvalue weighted by Crippen LogP contribution is -2.11. The lowest BCUT2D eigenvalue weighted by Gasteiger charge is -2.08. The Labute approximate surface area is 148 Å². The van der Waals surface area contributed by atoms with Gasteiger partial charge in [0.2, 0.25) is 11.8 Å². The van der Waals surface area contributed by atoms with Crippen LogP contribution in [0, 0.1) is 19.8 Å². The average molecular weight is 364 g/mol. The van der Waals surface area contributed by atoms with Gasteiger partial charge in [0.1, 0.15) is 4.83 Å². The van der Waals surface area contributed by atoms with Crippen LogP contribution in [-0.4, -0.2) is 20.2 Å². The average Bonchev–Trinajstić information content (AvgIpc) is 3.09. The minimum Gasteiger partial charge on any atom is -0.425 e. The number of aryl methyl sites for hydroxylation is 2. The van der Waals surface area contributed by atoms with E-state index < -0.39 is 0 Å². The van der Waals surface area contributed by atoms with E-state index in [2.05, 4.69) is 40.9 Å². The molecule has 3 aromatic heterocycles. The molecule has 3 heterocycles. The second-order valence-electron chi connectivity index (χ2n) is 5.91. The Morgan fingerprint density at radius 1 is 1.33 bits per heavy atom. The van der Waals surface area contributed by atoms with Crippen molar-refractivity contribution in [3.8, 4) is 0 Å². The number of thiophene rings is 1. The molecular formula is C16H20N4O2S2. The Balaban J connectivity index is 1.89. The molecule has 1 unspecified atom stereocenters. The Morgan fingerprint density at radius 3 is 2.79 bits per heavy atom. The Morgan fingerprint density at radius 2 is 2.12 bits per heavy atom. The molecule has 1 atom stereocenters. The molecule has 0 bridgehead atoms. The summed E-state index contributed by atoms with van der Waals surface area (Å²) in [6, 6.07) is 0. The maximum absolute atomic E-state index is 12.6. The molecule has 0 saturated carbocycles. The van der Waals surface area contributed by atoms with Gasteiger partial charge in [-0.2, -0.15) is 0 Å². The molecule has 24 heavy (non-hydrogen) atoms. The molecule has 0 amide bonds. The van der Waals surface area contributed by atoms with Crippen molar-refractivity contribution in [2.45, 2.75) is 51.4 Å². The molecule has 3 rings (SSSR count). The molecule has 6 nitrogen and oxygen atoms in total. The molecule has 0 spiro atoms. The number of thioether (sulfide) groups is 1. The Bertz CT molecular complexity index is 913. The van der Waals surface area contributed by atoms with E-state index in [-0.39, 0.29) is 5.56 Å². The number of rotatable bonds is 6. The molecule has 128 valence electrons. The van der Waals surface area contributed by atoms with Crippen molar-refractivity contribution in [3.63, 3.8) is 0 Å². The minimum absolute atomic E-state index is 0.0631. The van der Waals surface area contributed by atoms with Crippen LogP contribution in [0.2, 0.25) is 0 Å². The van der Waals surface area contributed by atoms with Crippen LogP contribution in [0.1, 0.15) is 42.5 Å².